The molecule has 0 aliphatic carbocycles. The molecule has 0 saturated heterocycles. The Morgan fingerprint density at radius 3 is 2.61 bits per heavy atom. The van der Waals surface area contributed by atoms with Gasteiger partial charge in [-0.2, -0.15) is 0 Å². The maximum Gasteiger partial charge on any atom is 0.345 e. The van der Waals surface area contributed by atoms with Crippen molar-refractivity contribution in [3.05, 3.63) is 105 Å². The van der Waals surface area contributed by atoms with Gasteiger partial charge in [0, 0.05) is 21.8 Å². The SMILES string of the molecule is COc1ccc2oc(=O)c(-c3csc(Nc4ccc(Oc5ccc6ccccc6c5Cl)c(Cl)c4)n3)cc2c1. The van der Waals surface area contributed by atoms with Crippen LogP contribution < -0.4 is 20.4 Å². The van der Waals surface area contributed by atoms with Crippen LogP contribution in [0.5, 0.6) is 17.2 Å². The van der Waals surface area contributed by atoms with E-state index in [1.807, 2.05) is 48.5 Å². The first kappa shape index (κ1) is 24.3. The summed E-state index contributed by atoms with van der Waals surface area (Å²) in [5, 5.41) is 9.21. The highest BCUT2D eigenvalue weighted by Crippen LogP contribution is 2.39. The van der Waals surface area contributed by atoms with Crippen LogP contribution in [-0.4, -0.2) is 12.1 Å². The Bertz CT molecular complexity index is 1880. The summed E-state index contributed by atoms with van der Waals surface area (Å²) < 4.78 is 16.8. The second-order valence-electron chi connectivity index (χ2n) is 8.36. The number of anilines is 2. The summed E-state index contributed by atoms with van der Waals surface area (Å²) in [5.41, 5.74) is 1.60. The van der Waals surface area contributed by atoms with E-state index in [9.17, 15) is 4.79 Å². The molecule has 0 aliphatic heterocycles. The highest BCUT2D eigenvalue weighted by molar-refractivity contribution is 7.14. The van der Waals surface area contributed by atoms with Gasteiger partial charge in [0.25, 0.3) is 0 Å². The van der Waals surface area contributed by atoms with Crippen LogP contribution in [0.25, 0.3) is 33.0 Å². The zero-order valence-corrected chi connectivity index (χ0v) is 22.2. The third-order valence-electron chi connectivity index (χ3n) is 5.95. The average Bonchev–Trinajstić information content (AvgIpc) is 3.39. The monoisotopic (exact) mass is 560 g/mol. The van der Waals surface area contributed by atoms with Crippen molar-refractivity contribution >= 4 is 67.1 Å². The van der Waals surface area contributed by atoms with Crippen LogP contribution in [0.4, 0.5) is 10.8 Å². The van der Waals surface area contributed by atoms with Gasteiger partial charge in [-0.25, -0.2) is 9.78 Å². The van der Waals surface area contributed by atoms with E-state index in [-0.39, 0.29) is 0 Å². The molecule has 2 heterocycles. The van der Waals surface area contributed by atoms with Crippen LogP contribution in [0.1, 0.15) is 0 Å². The lowest BCUT2D eigenvalue weighted by Crippen LogP contribution is -2.03. The molecule has 9 heteroatoms. The highest BCUT2D eigenvalue weighted by atomic mass is 35.5. The van der Waals surface area contributed by atoms with Crippen molar-refractivity contribution in [3.63, 3.8) is 0 Å². The number of ether oxygens (including phenoxy) is 2. The molecule has 2 aromatic heterocycles. The largest absolute Gasteiger partial charge is 0.497 e. The number of methoxy groups -OCH3 is 1. The molecule has 0 aliphatic rings. The van der Waals surface area contributed by atoms with E-state index in [4.69, 9.17) is 37.1 Å². The minimum atomic E-state index is -0.462. The van der Waals surface area contributed by atoms with Crippen molar-refractivity contribution in [2.45, 2.75) is 0 Å². The number of thiazole rings is 1. The van der Waals surface area contributed by atoms with Crippen molar-refractivity contribution in [2.75, 3.05) is 12.4 Å². The Hall–Kier alpha value is -4.04. The lowest BCUT2D eigenvalue weighted by molar-refractivity contribution is 0.415. The van der Waals surface area contributed by atoms with E-state index in [0.717, 1.165) is 16.2 Å². The Labute approximate surface area is 231 Å². The first-order valence-electron chi connectivity index (χ1n) is 11.5. The number of nitrogens with zero attached hydrogens (tertiary/aromatic N) is 1. The van der Waals surface area contributed by atoms with Gasteiger partial charge >= 0.3 is 5.63 Å². The number of nitrogens with one attached hydrogen (secondary N) is 1. The van der Waals surface area contributed by atoms with E-state index in [1.54, 1.807) is 42.8 Å². The van der Waals surface area contributed by atoms with Gasteiger partial charge < -0.3 is 19.2 Å². The summed E-state index contributed by atoms with van der Waals surface area (Å²) in [4.78, 5) is 17.2. The summed E-state index contributed by atoms with van der Waals surface area (Å²) in [6.07, 6.45) is 0. The molecule has 0 amide bonds. The van der Waals surface area contributed by atoms with Gasteiger partial charge in [0.2, 0.25) is 0 Å². The van der Waals surface area contributed by atoms with Gasteiger partial charge in [0.15, 0.2) is 5.13 Å². The third kappa shape index (κ3) is 4.67. The summed E-state index contributed by atoms with van der Waals surface area (Å²) >= 11 is 14.5. The smallest absolute Gasteiger partial charge is 0.345 e. The minimum absolute atomic E-state index is 0.365. The van der Waals surface area contributed by atoms with Crippen molar-refractivity contribution in [1.29, 1.82) is 0 Å². The quantitative estimate of drug-likeness (QED) is 0.205. The normalized spacial score (nSPS) is 11.1. The van der Waals surface area contributed by atoms with Crippen LogP contribution in [-0.2, 0) is 0 Å². The van der Waals surface area contributed by atoms with Crippen molar-refractivity contribution in [3.8, 4) is 28.5 Å². The number of aromatic nitrogens is 1. The summed E-state index contributed by atoms with van der Waals surface area (Å²) in [6.45, 7) is 0. The van der Waals surface area contributed by atoms with Crippen LogP contribution >= 0.6 is 34.5 Å². The van der Waals surface area contributed by atoms with Gasteiger partial charge in [-0.3, -0.25) is 0 Å². The van der Waals surface area contributed by atoms with Crippen LogP contribution in [0.15, 0.2) is 93.5 Å². The van der Waals surface area contributed by atoms with Gasteiger partial charge in [-0.15, -0.1) is 11.3 Å². The lowest BCUT2D eigenvalue weighted by atomic mass is 10.1. The summed E-state index contributed by atoms with van der Waals surface area (Å²) in [6, 6.07) is 23.9. The van der Waals surface area contributed by atoms with Crippen LogP contribution in [0, 0.1) is 0 Å². The maximum absolute atomic E-state index is 12.6. The number of fused-ring (bicyclic) bond motifs is 2. The molecule has 6 aromatic rings. The molecule has 0 fully saturated rings. The van der Waals surface area contributed by atoms with Crippen molar-refractivity contribution in [2.24, 2.45) is 0 Å². The molecule has 0 spiro atoms. The topological polar surface area (TPSA) is 73.6 Å². The number of hydrogen-bond donors (Lipinski definition) is 1. The van der Waals surface area contributed by atoms with E-state index < -0.39 is 5.63 Å². The fraction of sp³-hybridized carbons (Fsp3) is 0.0345. The van der Waals surface area contributed by atoms with Crippen molar-refractivity contribution in [1.82, 2.24) is 4.98 Å². The molecule has 0 radical (unpaired) electrons. The first-order chi connectivity index (χ1) is 18.5. The Morgan fingerprint density at radius 2 is 1.76 bits per heavy atom. The van der Waals surface area contributed by atoms with Crippen molar-refractivity contribution < 1.29 is 13.9 Å². The number of halogens is 2. The number of benzene rings is 4. The molecule has 0 bridgehead atoms. The maximum atomic E-state index is 12.6. The standard InChI is InChI=1S/C29H18Cl2N2O4S/c1-35-19-8-11-24-17(12-19)13-21(28(34)37-24)23-15-38-29(33-23)32-18-7-10-25(22(30)14-18)36-26-9-6-16-4-2-3-5-20(16)27(26)31/h2-15H,1H3,(H,32,33). The molecule has 0 saturated carbocycles. The average molecular weight is 561 g/mol. The molecule has 4 aromatic carbocycles. The molecule has 0 atom stereocenters. The number of rotatable bonds is 6. The predicted molar refractivity (Wildman–Crippen MR) is 154 cm³/mol. The molecule has 188 valence electrons. The zero-order chi connectivity index (χ0) is 26.2. The molecule has 0 unspecified atom stereocenters. The fourth-order valence-corrected chi connectivity index (χ4v) is 5.28. The van der Waals surface area contributed by atoms with E-state index >= 15 is 0 Å². The van der Waals surface area contributed by atoms with Crippen LogP contribution in [0.2, 0.25) is 10.0 Å². The first-order valence-corrected chi connectivity index (χ1v) is 13.1. The summed E-state index contributed by atoms with van der Waals surface area (Å²) in [7, 11) is 1.59. The molecule has 38 heavy (non-hydrogen) atoms. The van der Waals surface area contributed by atoms with Gasteiger partial charge in [-0.1, -0.05) is 53.5 Å². The summed E-state index contributed by atoms with van der Waals surface area (Å²) in [5.74, 6) is 1.66. The second kappa shape index (κ2) is 10.0. The van der Waals surface area contributed by atoms with Gasteiger partial charge in [0.05, 0.1) is 28.4 Å². The molecule has 6 nitrogen and oxygen atoms in total. The van der Waals surface area contributed by atoms with E-state index in [1.165, 1.54) is 11.3 Å². The second-order valence-corrected chi connectivity index (χ2v) is 10.0. The lowest BCUT2D eigenvalue weighted by Gasteiger charge is -2.12. The Morgan fingerprint density at radius 1 is 0.921 bits per heavy atom. The fourth-order valence-electron chi connectivity index (χ4n) is 4.06. The van der Waals surface area contributed by atoms with E-state index in [0.29, 0.717) is 55.0 Å². The van der Waals surface area contributed by atoms with Crippen LogP contribution in [0.3, 0.4) is 0 Å². The molecule has 6 rings (SSSR count). The van der Waals surface area contributed by atoms with Gasteiger partial charge in [-0.05, 0) is 53.9 Å². The minimum Gasteiger partial charge on any atom is -0.497 e. The van der Waals surface area contributed by atoms with Gasteiger partial charge in [0.1, 0.15) is 22.8 Å². The zero-order valence-electron chi connectivity index (χ0n) is 19.8. The third-order valence-corrected chi connectivity index (χ3v) is 7.39. The highest BCUT2D eigenvalue weighted by Gasteiger charge is 2.14. The van der Waals surface area contributed by atoms with E-state index in [2.05, 4.69) is 10.3 Å². The predicted octanol–water partition coefficient (Wildman–Crippen LogP) is 8.92. The molecular weight excluding hydrogens is 543 g/mol. The Balaban J connectivity index is 1.23. The molecular formula is C29H18Cl2N2O4S. The number of hydrogen-bond acceptors (Lipinski definition) is 7. The Kier molecular flexibility index (Phi) is 6.41. The molecule has 1 N–H and O–H groups in total.